The highest BCUT2D eigenvalue weighted by molar-refractivity contribution is 7.92. The summed E-state index contributed by atoms with van der Waals surface area (Å²) in [6, 6.07) is 13.5. The predicted molar refractivity (Wildman–Crippen MR) is 112 cm³/mol. The molecule has 1 N–H and O–H groups in total. The Labute approximate surface area is 167 Å². The molecule has 0 aromatic heterocycles. The van der Waals surface area contributed by atoms with Crippen molar-refractivity contribution in [2.75, 3.05) is 30.8 Å². The van der Waals surface area contributed by atoms with Crippen LogP contribution in [0.3, 0.4) is 0 Å². The Kier molecular flexibility index (Phi) is 7.45. The van der Waals surface area contributed by atoms with E-state index in [0.717, 1.165) is 29.0 Å². The number of carbonyl (C=O) groups is 1. The molecule has 0 heterocycles. The summed E-state index contributed by atoms with van der Waals surface area (Å²) in [5.74, 6) is 0.0569. The van der Waals surface area contributed by atoms with Gasteiger partial charge in [0.1, 0.15) is 12.3 Å². The molecule has 6 nitrogen and oxygen atoms in total. The lowest BCUT2D eigenvalue weighted by atomic mass is 10.1. The van der Waals surface area contributed by atoms with Crippen molar-refractivity contribution in [1.82, 2.24) is 5.32 Å². The maximum Gasteiger partial charge on any atom is 0.240 e. The summed E-state index contributed by atoms with van der Waals surface area (Å²) in [6.45, 7) is 4.10. The van der Waals surface area contributed by atoms with Gasteiger partial charge < -0.3 is 10.1 Å². The molecule has 0 unspecified atom stereocenters. The molecule has 0 saturated carbocycles. The van der Waals surface area contributed by atoms with E-state index < -0.39 is 10.0 Å². The topological polar surface area (TPSA) is 75.7 Å². The Balaban J connectivity index is 1.99. The zero-order valence-electron chi connectivity index (χ0n) is 16.9. The minimum atomic E-state index is -3.65. The number of rotatable bonds is 9. The van der Waals surface area contributed by atoms with Crippen LogP contribution in [-0.2, 0) is 21.2 Å². The normalized spacial score (nSPS) is 11.1. The number of carbonyl (C=O) groups excluding carboxylic acids is 1. The van der Waals surface area contributed by atoms with Gasteiger partial charge in [0.15, 0.2) is 0 Å². The summed E-state index contributed by atoms with van der Waals surface area (Å²) < 4.78 is 30.9. The van der Waals surface area contributed by atoms with E-state index in [9.17, 15) is 13.2 Å². The first kappa shape index (κ1) is 21.8. The van der Waals surface area contributed by atoms with E-state index in [2.05, 4.69) is 17.4 Å². The maximum atomic E-state index is 12.4. The van der Waals surface area contributed by atoms with Crippen LogP contribution in [0.15, 0.2) is 42.5 Å². The molecule has 1 amide bonds. The SMILES string of the molecule is COc1ccc(C)cc1N(CC(=O)NCCCc1cccc(C)c1)S(C)(=O)=O. The minimum absolute atomic E-state index is 0.289. The molecule has 0 spiro atoms. The van der Waals surface area contributed by atoms with Gasteiger partial charge in [-0.05, 0) is 49.9 Å². The van der Waals surface area contributed by atoms with Gasteiger partial charge in [-0.1, -0.05) is 35.9 Å². The molecule has 0 aliphatic rings. The lowest BCUT2D eigenvalue weighted by molar-refractivity contribution is -0.119. The largest absolute Gasteiger partial charge is 0.495 e. The van der Waals surface area contributed by atoms with Crippen molar-refractivity contribution in [1.29, 1.82) is 0 Å². The van der Waals surface area contributed by atoms with E-state index in [0.29, 0.717) is 18.0 Å². The van der Waals surface area contributed by atoms with Gasteiger partial charge in [0, 0.05) is 6.54 Å². The van der Waals surface area contributed by atoms with Gasteiger partial charge in [-0.15, -0.1) is 0 Å². The lowest BCUT2D eigenvalue weighted by Gasteiger charge is -2.24. The van der Waals surface area contributed by atoms with Gasteiger partial charge in [0.05, 0.1) is 19.1 Å². The highest BCUT2D eigenvalue weighted by atomic mass is 32.2. The number of hydrogen-bond donors (Lipinski definition) is 1. The minimum Gasteiger partial charge on any atom is -0.495 e. The third-order valence-corrected chi connectivity index (χ3v) is 5.46. The Morgan fingerprint density at radius 3 is 2.46 bits per heavy atom. The van der Waals surface area contributed by atoms with Crippen LogP contribution in [0.2, 0.25) is 0 Å². The average Bonchev–Trinajstić information content (AvgIpc) is 2.62. The number of methoxy groups -OCH3 is 1. The highest BCUT2D eigenvalue weighted by Gasteiger charge is 2.24. The van der Waals surface area contributed by atoms with Crippen LogP contribution < -0.4 is 14.4 Å². The van der Waals surface area contributed by atoms with Gasteiger partial charge in [-0.3, -0.25) is 9.10 Å². The molecule has 28 heavy (non-hydrogen) atoms. The first-order valence-electron chi connectivity index (χ1n) is 9.15. The first-order chi connectivity index (χ1) is 13.2. The fraction of sp³-hybridized carbons (Fsp3) is 0.381. The summed E-state index contributed by atoms with van der Waals surface area (Å²) >= 11 is 0. The molecule has 152 valence electrons. The van der Waals surface area contributed by atoms with Crippen molar-refractivity contribution in [3.05, 3.63) is 59.2 Å². The van der Waals surface area contributed by atoms with Crippen molar-refractivity contribution in [3.63, 3.8) is 0 Å². The quantitative estimate of drug-likeness (QED) is 0.652. The van der Waals surface area contributed by atoms with Crippen molar-refractivity contribution in [3.8, 4) is 5.75 Å². The van der Waals surface area contributed by atoms with E-state index >= 15 is 0 Å². The molecule has 2 rings (SSSR count). The molecule has 2 aromatic carbocycles. The van der Waals surface area contributed by atoms with Gasteiger partial charge in [-0.2, -0.15) is 0 Å². The summed E-state index contributed by atoms with van der Waals surface area (Å²) in [5.41, 5.74) is 3.66. The number of anilines is 1. The molecule has 0 fully saturated rings. The van der Waals surface area contributed by atoms with E-state index in [-0.39, 0.29) is 12.5 Å². The van der Waals surface area contributed by atoms with E-state index in [4.69, 9.17) is 4.74 Å². The molecule has 0 bridgehead atoms. The van der Waals surface area contributed by atoms with Crippen LogP contribution >= 0.6 is 0 Å². The average molecular weight is 405 g/mol. The first-order valence-corrected chi connectivity index (χ1v) is 11.0. The standard InChI is InChI=1S/C21H28N2O4S/c1-16-7-5-8-18(13-16)9-6-12-22-21(24)15-23(28(4,25)26)19-14-17(2)10-11-20(19)27-3/h5,7-8,10-11,13-14H,6,9,12,15H2,1-4H3,(H,22,24). The van der Waals surface area contributed by atoms with E-state index in [1.54, 1.807) is 12.1 Å². The zero-order valence-corrected chi connectivity index (χ0v) is 17.7. The molecule has 0 atom stereocenters. The second-order valence-corrected chi connectivity index (χ2v) is 8.79. The summed E-state index contributed by atoms with van der Waals surface area (Å²) in [4.78, 5) is 12.4. The molecule has 0 radical (unpaired) electrons. The van der Waals surface area contributed by atoms with Crippen LogP contribution in [0.1, 0.15) is 23.1 Å². The van der Waals surface area contributed by atoms with Crippen LogP contribution in [-0.4, -0.2) is 40.8 Å². The summed E-state index contributed by atoms with van der Waals surface area (Å²) in [6.07, 6.45) is 2.71. The smallest absolute Gasteiger partial charge is 0.240 e. The second-order valence-electron chi connectivity index (χ2n) is 6.89. The van der Waals surface area contributed by atoms with Crippen molar-refractivity contribution in [2.45, 2.75) is 26.7 Å². The molecule has 0 saturated heterocycles. The maximum absolute atomic E-state index is 12.4. The van der Waals surface area contributed by atoms with Gasteiger partial charge in [0.2, 0.25) is 15.9 Å². The number of hydrogen-bond acceptors (Lipinski definition) is 4. The second kappa shape index (κ2) is 9.59. The summed E-state index contributed by atoms with van der Waals surface area (Å²) in [5, 5.41) is 2.81. The predicted octanol–water partition coefficient (Wildman–Crippen LogP) is 2.83. The number of aryl methyl sites for hydroxylation is 3. The number of nitrogens with one attached hydrogen (secondary N) is 1. The summed E-state index contributed by atoms with van der Waals surface area (Å²) in [7, 11) is -2.18. The Morgan fingerprint density at radius 1 is 1.11 bits per heavy atom. The molecule has 7 heteroatoms. The molecule has 0 aliphatic carbocycles. The Hall–Kier alpha value is -2.54. The third-order valence-electron chi connectivity index (χ3n) is 4.34. The molecular weight excluding hydrogens is 376 g/mol. The van der Waals surface area contributed by atoms with Crippen molar-refractivity contribution >= 4 is 21.6 Å². The Morgan fingerprint density at radius 2 is 1.82 bits per heavy atom. The van der Waals surface area contributed by atoms with E-state index in [1.165, 1.54) is 18.2 Å². The zero-order chi connectivity index (χ0) is 20.7. The van der Waals surface area contributed by atoms with Crippen molar-refractivity contribution in [2.24, 2.45) is 0 Å². The number of nitrogens with zero attached hydrogens (tertiary/aromatic N) is 1. The molecular formula is C21H28N2O4S. The number of amides is 1. The van der Waals surface area contributed by atoms with Gasteiger partial charge >= 0.3 is 0 Å². The molecule has 2 aromatic rings. The van der Waals surface area contributed by atoms with Crippen LogP contribution in [0.5, 0.6) is 5.75 Å². The fourth-order valence-corrected chi connectivity index (χ4v) is 3.80. The van der Waals surface area contributed by atoms with Gasteiger partial charge in [0.25, 0.3) is 0 Å². The van der Waals surface area contributed by atoms with Gasteiger partial charge in [-0.25, -0.2) is 8.42 Å². The monoisotopic (exact) mass is 404 g/mol. The highest BCUT2D eigenvalue weighted by Crippen LogP contribution is 2.30. The Bertz CT molecular complexity index is 926. The number of sulfonamides is 1. The third kappa shape index (κ3) is 6.27. The molecule has 0 aliphatic heterocycles. The number of ether oxygens (including phenoxy) is 1. The van der Waals surface area contributed by atoms with Crippen LogP contribution in [0.25, 0.3) is 0 Å². The lowest BCUT2D eigenvalue weighted by Crippen LogP contribution is -2.40. The number of benzene rings is 2. The van der Waals surface area contributed by atoms with E-state index in [1.807, 2.05) is 32.0 Å². The fourth-order valence-electron chi connectivity index (χ4n) is 2.95. The van der Waals surface area contributed by atoms with Crippen LogP contribution in [0, 0.1) is 13.8 Å². The van der Waals surface area contributed by atoms with Crippen LogP contribution in [0.4, 0.5) is 5.69 Å². The van der Waals surface area contributed by atoms with Crippen molar-refractivity contribution < 1.29 is 17.9 Å².